The SMILES string of the molecule is COCc1nc(N2CCN(Cc3cccc4cccnc34)CC2)c2c(-c3ccccc3)csc2n1. The molecular formula is C28H27N5OS. The normalized spacial score (nSPS) is 14.7. The largest absolute Gasteiger partial charge is 0.377 e. The molecule has 3 aromatic heterocycles. The molecule has 1 aliphatic rings. The van der Waals surface area contributed by atoms with Gasteiger partial charge in [0.1, 0.15) is 17.3 Å². The molecule has 0 unspecified atom stereocenters. The van der Waals surface area contributed by atoms with E-state index < -0.39 is 0 Å². The van der Waals surface area contributed by atoms with Crippen molar-refractivity contribution in [2.75, 3.05) is 38.2 Å². The topological polar surface area (TPSA) is 54.4 Å². The number of ether oxygens (including phenoxy) is 1. The number of benzene rings is 2. The van der Waals surface area contributed by atoms with Gasteiger partial charge in [0.05, 0.1) is 10.9 Å². The van der Waals surface area contributed by atoms with Gasteiger partial charge >= 0.3 is 0 Å². The molecule has 2 aromatic carbocycles. The molecule has 0 atom stereocenters. The monoisotopic (exact) mass is 481 g/mol. The summed E-state index contributed by atoms with van der Waals surface area (Å²) in [6, 6.07) is 21.1. The minimum atomic E-state index is 0.412. The van der Waals surface area contributed by atoms with E-state index in [9.17, 15) is 0 Å². The summed E-state index contributed by atoms with van der Waals surface area (Å²) in [5, 5.41) is 4.55. The van der Waals surface area contributed by atoms with Gasteiger partial charge in [0, 0.05) is 62.4 Å². The van der Waals surface area contributed by atoms with Crippen molar-refractivity contribution >= 4 is 38.3 Å². The summed E-state index contributed by atoms with van der Waals surface area (Å²) in [7, 11) is 1.69. The highest BCUT2D eigenvalue weighted by molar-refractivity contribution is 7.17. The summed E-state index contributed by atoms with van der Waals surface area (Å²) in [6.45, 7) is 5.10. The lowest BCUT2D eigenvalue weighted by molar-refractivity contribution is 0.178. The first-order chi connectivity index (χ1) is 17.3. The Morgan fingerprint density at radius 1 is 0.914 bits per heavy atom. The number of anilines is 1. The first kappa shape index (κ1) is 22.1. The third-order valence-corrected chi connectivity index (χ3v) is 7.47. The van der Waals surface area contributed by atoms with Crippen LogP contribution in [-0.2, 0) is 17.9 Å². The van der Waals surface area contributed by atoms with Crippen LogP contribution in [0.25, 0.3) is 32.2 Å². The van der Waals surface area contributed by atoms with E-state index in [1.54, 1.807) is 18.4 Å². The van der Waals surface area contributed by atoms with Crippen LogP contribution in [-0.4, -0.2) is 53.1 Å². The number of rotatable bonds is 6. The number of hydrogen-bond acceptors (Lipinski definition) is 7. The van der Waals surface area contributed by atoms with Gasteiger partial charge in [0.25, 0.3) is 0 Å². The van der Waals surface area contributed by atoms with E-state index in [0.29, 0.717) is 6.61 Å². The van der Waals surface area contributed by atoms with E-state index >= 15 is 0 Å². The Morgan fingerprint density at radius 3 is 2.57 bits per heavy atom. The Morgan fingerprint density at radius 2 is 1.74 bits per heavy atom. The predicted molar refractivity (Wildman–Crippen MR) is 143 cm³/mol. The average molecular weight is 482 g/mol. The molecule has 6 nitrogen and oxygen atoms in total. The summed E-state index contributed by atoms with van der Waals surface area (Å²) in [5.74, 6) is 1.76. The highest BCUT2D eigenvalue weighted by Gasteiger charge is 2.24. The highest BCUT2D eigenvalue weighted by Crippen LogP contribution is 2.38. The third-order valence-electron chi connectivity index (χ3n) is 6.60. The molecule has 0 radical (unpaired) electrons. The number of fused-ring (bicyclic) bond motifs is 2. The molecule has 1 saturated heterocycles. The van der Waals surface area contributed by atoms with Crippen LogP contribution < -0.4 is 4.90 Å². The third kappa shape index (κ3) is 4.38. The van der Waals surface area contributed by atoms with Crippen molar-refractivity contribution in [2.24, 2.45) is 0 Å². The number of hydrogen-bond donors (Lipinski definition) is 0. The lowest BCUT2D eigenvalue weighted by Crippen LogP contribution is -2.46. The molecule has 4 heterocycles. The van der Waals surface area contributed by atoms with Gasteiger partial charge in [-0.2, -0.15) is 0 Å². The van der Waals surface area contributed by atoms with Crippen molar-refractivity contribution in [3.63, 3.8) is 0 Å². The van der Waals surface area contributed by atoms with Crippen LogP contribution in [0.5, 0.6) is 0 Å². The number of para-hydroxylation sites is 1. The Bertz CT molecular complexity index is 1460. The first-order valence-corrected chi connectivity index (χ1v) is 12.8. The van der Waals surface area contributed by atoms with Crippen molar-refractivity contribution in [1.29, 1.82) is 0 Å². The van der Waals surface area contributed by atoms with Gasteiger partial charge < -0.3 is 9.64 Å². The van der Waals surface area contributed by atoms with Crippen molar-refractivity contribution in [2.45, 2.75) is 13.2 Å². The standard InChI is InChI=1S/C28H27N5OS/c1-34-18-24-30-27(25-23(19-35-28(25)31-24)20-7-3-2-4-8-20)33-15-13-32(14-16-33)17-22-10-5-9-21-11-6-12-29-26(21)22/h2-12,19H,13-18H2,1H3. The summed E-state index contributed by atoms with van der Waals surface area (Å²) >= 11 is 1.68. The second-order valence-electron chi connectivity index (χ2n) is 8.85. The van der Waals surface area contributed by atoms with E-state index in [2.05, 4.69) is 74.8 Å². The zero-order valence-corrected chi connectivity index (χ0v) is 20.5. The fraction of sp³-hybridized carbons (Fsp3) is 0.250. The molecular weight excluding hydrogens is 454 g/mol. The first-order valence-electron chi connectivity index (χ1n) is 11.9. The lowest BCUT2D eigenvalue weighted by Gasteiger charge is -2.36. The maximum absolute atomic E-state index is 5.38. The van der Waals surface area contributed by atoms with Crippen LogP contribution in [0.1, 0.15) is 11.4 Å². The zero-order chi connectivity index (χ0) is 23.6. The van der Waals surface area contributed by atoms with Crippen LogP contribution in [0.2, 0.25) is 0 Å². The van der Waals surface area contributed by atoms with E-state index in [-0.39, 0.29) is 0 Å². The van der Waals surface area contributed by atoms with Crippen LogP contribution in [0.15, 0.2) is 72.2 Å². The van der Waals surface area contributed by atoms with Crippen LogP contribution >= 0.6 is 11.3 Å². The summed E-state index contributed by atoms with van der Waals surface area (Å²) in [4.78, 5) is 20.4. The van der Waals surface area contributed by atoms with Gasteiger partial charge in [0.2, 0.25) is 0 Å². The average Bonchev–Trinajstić information content (AvgIpc) is 3.34. The number of methoxy groups -OCH3 is 1. The molecule has 0 spiro atoms. The molecule has 0 saturated carbocycles. The quantitative estimate of drug-likeness (QED) is 0.325. The molecule has 1 aliphatic heterocycles. The molecule has 0 amide bonds. The van der Waals surface area contributed by atoms with E-state index in [0.717, 1.165) is 60.1 Å². The number of piperazine rings is 1. The Kier molecular flexibility index (Phi) is 6.12. The molecule has 7 heteroatoms. The van der Waals surface area contributed by atoms with Gasteiger partial charge in [-0.05, 0) is 17.2 Å². The highest BCUT2D eigenvalue weighted by atomic mass is 32.1. The van der Waals surface area contributed by atoms with Crippen molar-refractivity contribution in [3.05, 3.63) is 83.6 Å². The van der Waals surface area contributed by atoms with E-state index in [4.69, 9.17) is 14.7 Å². The molecule has 176 valence electrons. The molecule has 0 N–H and O–H groups in total. The smallest absolute Gasteiger partial charge is 0.158 e. The minimum absolute atomic E-state index is 0.412. The van der Waals surface area contributed by atoms with Crippen LogP contribution in [0.4, 0.5) is 5.82 Å². The molecule has 0 aliphatic carbocycles. The fourth-order valence-corrected chi connectivity index (χ4v) is 5.83. The number of thiophene rings is 1. The Balaban J connectivity index is 1.28. The fourth-order valence-electron chi connectivity index (χ4n) is 4.87. The molecule has 6 rings (SSSR count). The van der Waals surface area contributed by atoms with Crippen LogP contribution in [0, 0.1) is 0 Å². The zero-order valence-electron chi connectivity index (χ0n) is 19.7. The number of nitrogens with zero attached hydrogens (tertiary/aromatic N) is 5. The molecule has 5 aromatic rings. The maximum atomic E-state index is 5.38. The summed E-state index contributed by atoms with van der Waals surface area (Å²) in [6.07, 6.45) is 1.88. The Hall–Kier alpha value is -3.39. The van der Waals surface area contributed by atoms with Crippen molar-refractivity contribution < 1.29 is 4.74 Å². The van der Waals surface area contributed by atoms with Crippen molar-refractivity contribution in [1.82, 2.24) is 19.9 Å². The number of aromatic nitrogens is 3. The second-order valence-corrected chi connectivity index (χ2v) is 9.71. The van der Waals surface area contributed by atoms with Gasteiger partial charge in [-0.3, -0.25) is 9.88 Å². The Labute approximate surface area is 208 Å². The predicted octanol–water partition coefficient (Wildman–Crippen LogP) is 5.38. The maximum Gasteiger partial charge on any atom is 0.158 e. The summed E-state index contributed by atoms with van der Waals surface area (Å²) < 4.78 is 5.38. The molecule has 35 heavy (non-hydrogen) atoms. The number of pyridine rings is 1. The van der Waals surface area contributed by atoms with Gasteiger partial charge in [-0.25, -0.2) is 9.97 Å². The minimum Gasteiger partial charge on any atom is -0.377 e. The molecule has 0 bridgehead atoms. The second kappa shape index (κ2) is 9.70. The van der Waals surface area contributed by atoms with E-state index in [1.165, 1.54) is 22.1 Å². The van der Waals surface area contributed by atoms with E-state index in [1.807, 2.05) is 12.3 Å². The van der Waals surface area contributed by atoms with Gasteiger partial charge in [-0.1, -0.05) is 54.6 Å². The summed E-state index contributed by atoms with van der Waals surface area (Å²) in [5.41, 5.74) is 4.79. The molecule has 1 fully saturated rings. The van der Waals surface area contributed by atoms with Crippen LogP contribution in [0.3, 0.4) is 0 Å². The van der Waals surface area contributed by atoms with Gasteiger partial charge in [0.15, 0.2) is 5.82 Å². The lowest BCUT2D eigenvalue weighted by atomic mass is 10.1. The van der Waals surface area contributed by atoms with Gasteiger partial charge in [-0.15, -0.1) is 11.3 Å². The van der Waals surface area contributed by atoms with Crippen molar-refractivity contribution in [3.8, 4) is 11.1 Å².